The molecule has 0 aliphatic heterocycles. The summed E-state index contributed by atoms with van der Waals surface area (Å²) in [7, 11) is 0. The topological polar surface area (TPSA) is 348 Å². The number of fused-ring (bicyclic) bond motifs is 7. The van der Waals surface area contributed by atoms with Gasteiger partial charge in [-0.25, -0.2) is 4.79 Å². The molecule has 99 heavy (non-hydrogen) atoms. The van der Waals surface area contributed by atoms with Crippen LogP contribution in [0.5, 0.6) is 0 Å². The quantitative estimate of drug-likeness (QED) is 0.0235. The van der Waals surface area contributed by atoms with Crippen molar-refractivity contribution in [2.24, 2.45) is 5.73 Å². The van der Waals surface area contributed by atoms with Gasteiger partial charge in [-0.15, -0.1) is 0 Å². The van der Waals surface area contributed by atoms with Gasteiger partial charge in [-0.05, 0) is 87.8 Å². The molecule has 16 N–H and O–H groups in total. The monoisotopic (exact) mass is 1320 g/mol. The first-order valence-electron chi connectivity index (χ1n) is 32.9. The molecule has 0 radical (unpaired) electrons. The molecule has 0 unspecified atom stereocenters. The summed E-state index contributed by atoms with van der Waals surface area (Å²) in [5.74, 6) is -5.74. The van der Waals surface area contributed by atoms with E-state index in [2.05, 4.69) is 66.8 Å². The zero-order valence-corrected chi connectivity index (χ0v) is 53.6. The van der Waals surface area contributed by atoms with Crippen molar-refractivity contribution in [2.45, 2.75) is 87.2 Å². The first-order chi connectivity index (χ1) is 48.2. The number of amides is 6. The number of nitrogens with two attached hydrogens (primary N) is 1. The molecule has 6 amide bonds. The highest BCUT2D eigenvalue weighted by atomic mass is 16.4. The number of aromatic amines is 7. The van der Waals surface area contributed by atoms with Crippen LogP contribution < -0.4 is 37.6 Å². The number of carboxylic acids is 1. The maximum atomic E-state index is 15.8. The highest BCUT2D eigenvalue weighted by Crippen LogP contribution is 2.27. The van der Waals surface area contributed by atoms with E-state index in [-0.39, 0.29) is 44.9 Å². The Bertz CT molecular complexity index is 5340. The molecule has 7 aromatic carbocycles. The van der Waals surface area contributed by atoms with E-state index in [1.165, 1.54) is 0 Å². The molecule has 498 valence electrons. The van der Waals surface area contributed by atoms with Crippen LogP contribution in [-0.2, 0) is 78.5 Å². The van der Waals surface area contributed by atoms with Crippen molar-refractivity contribution in [3.8, 4) is 0 Å². The number of H-pyrrole nitrogens is 7. The molecule has 14 aromatic rings. The number of rotatable bonds is 27. The van der Waals surface area contributed by atoms with E-state index < -0.39 is 83.7 Å². The zero-order valence-electron chi connectivity index (χ0n) is 53.6. The van der Waals surface area contributed by atoms with Gasteiger partial charge < -0.3 is 77.6 Å². The van der Waals surface area contributed by atoms with Gasteiger partial charge in [0.15, 0.2) is 0 Å². The Kier molecular flexibility index (Phi) is 18.1. The van der Waals surface area contributed by atoms with Crippen molar-refractivity contribution in [1.82, 2.24) is 66.8 Å². The lowest BCUT2D eigenvalue weighted by atomic mass is 9.99. The number of aromatic nitrogens is 7. The molecule has 0 fully saturated rings. The van der Waals surface area contributed by atoms with E-state index in [4.69, 9.17) is 5.73 Å². The summed E-state index contributed by atoms with van der Waals surface area (Å²) in [6.45, 7) is 0. The third-order valence-corrected chi connectivity index (χ3v) is 18.8. The average Bonchev–Trinajstić information content (AvgIpc) is 1.83. The van der Waals surface area contributed by atoms with Crippen LogP contribution in [0.3, 0.4) is 0 Å². The number of carbonyl (C=O) groups is 7. The molecule has 0 saturated carbocycles. The Labute approximate surface area is 565 Å². The number of nitrogens with one attached hydrogen (secondary N) is 13. The van der Waals surface area contributed by atoms with Crippen molar-refractivity contribution in [1.29, 1.82) is 0 Å². The van der Waals surface area contributed by atoms with Crippen LogP contribution in [0.15, 0.2) is 213 Å². The largest absolute Gasteiger partial charge is 0.480 e. The van der Waals surface area contributed by atoms with Gasteiger partial charge in [-0.2, -0.15) is 0 Å². The predicted molar refractivity (Wildman–Crippen MR) is 381 cm³/mol. The molecule has 14 rings (SSSR count). The zero-order chi connectivity index (χ0) is 68.1. The van der Waals surface area contributed by atoms with Crippen LogP contribution in [0.1, 0.15) is 38.9 Å². The summed E-state index contributed by atoms with van der Waals surface area (Å²) in [6.07, 6.45) is 11.9. The van der Waals surface area contributed by atoms with Crippen molar-refractivity contribution < 1.29 is 38.7 Å². The van der Waals surface area contributed by atoms with Crippen LogP contribution in [0.25, 0.3) is 76.3 Å². The molecule has 22 heteroatoms. The number of carboxylic acid groups (broad SMARTS) is 1. The summed E-state index contributed by atoms with van der Waals surface area (Å²) in [5.41, 5.74) is 17.0. The third-order valence-electron chi connectivity index (χ3n) is 18.8. The lowest BCUT2D eigenvalue weighted by molar-refractivity contribution is -0.142. The van der Waals surface area contributed by atoms with Crippen molar-refractivity contribution in [2.75, 3.05) is 0 Å². The van der Waals surface area contributed by atoms with Crippen LogP contribution >= 0.6 is 0 Å². The van der Waals surface area contributed by atoms with Crippen molar-refractivity contribution >= 4 is 118 Å². The van der Waals surface area contributed by atoms with Gasteiger partial charge in [0.25, 0.3) is 0 Å². The number of hydrogen-bond donors (Lipinski definition) is 15. The summed E-state index contributed by atoms with van der Waals surface area (Å²) >= 11 is 0. The molecule has 0 saturated heterocycles. The molecule has 7 atom stereocenters. The third kappa shape index (κ3) is 13.9. The first kappa shape index (κ1) is 63.9. The number of benzene rings is 7. The smallest absolute Gasteiger partial charge is 0.326 e. The SMILES string of the molecule is N[C@@H](Cc1c[nH]c2ccccc12)C(=O)N[C@H](Cc1c[nH]c2ccccc12)C(=O)N[C@@H](Cc1c[nH]c2ccccc12)C(=O)N[C@H](Cc1c[nH]c2ccccc12)C(=O)N[C@@H](Cc1c[nH]c2ccccc12)C(=O)N[C@H](Cc1c[nH]c2ccccc12)C(=O)N[C@@H](Cc1c[nH]c2ccccc12)C(=O)O. The maximum absolute atomic E-state index is 15.8. The molecule has 7 heterocycles. The molecule has 0 aliphatic rings. The maximum Gasteiger partial charge on any atom is 0.326 e. The van der Waals surface area contributed by atoms with Gasteiger partial charge in [0.05, 0.1) is 6.04 Å². The normalized spacial score (nSPS) is 13.8. The molecule has 0 bridgehead atoms. The van der Waals surface area contributed by atoms with Crippen LogP contribution in [0, 0.1) is 0 Å². The summed E-state index contributed by atoms with van der Waals surface area (Å²) in [6, 6.07) is 43.1. The van der Waals surface area contributed by atoms with Gasteiger partial charge in [0.2, 0.25) is 35.4 Å². The number of hydrogen-bond acceptors (Lipinski definition) is 8. The second-order valence-electron chi connectivity index (χ2n) is 25.3. The fraction of sp³-hybridized carbons (Fsp3) is 0.182. The first-order valence-corrected chi connectivity index (χ1v) is 32.9. The Balaban J connectivity index is 0.791. The standard InChI is InChI=1S/C77H72N14O8/c78-57(29-43-36-79-58-22-8-1-15-50(43)58)71(92)86-65(30-44-37-80-59-23-9-2-16-51(44)59)72(93)87-66(31-45-38-81-60-24-10-3-17-52(45)60)73(94)88-67(32-46-39-82-61-25-11-4-18-53(46)61)74(95)89-68(33-47-40-83-62-26-12-5-19-54(47)62)75(96)90-69(34-48-41-84-63-27-13-6-20-55(48)63)76(97)91-70(77(98)99)35-49-42-85-64-28-14-7-21-56(49)64/h1-28,36-42,57,65-70,79-85H,29-35,78H2,(H,86,92)(H,87,93)(H,88,94)(H,89,95)(H,90,96)(H,91,97)(H,98,99)/t57-,65+,66-,67+,68-,69+,70-/m0/s1. The minimum Gasteiger partial charge on any atom is -0.480 e. The van der Waals surface area contributed by atoms with E-state index in [1.807, 2.05) is 176 Å². The second-order valence-corrected chi connectivity index (χ2v) is 25.3. The Morgan fingerprint density at radius 2 is 0.434 bits per heavy atom. The van der Waals surface area contributed by atoms with Gasteiger partial charge in [0.1, 0.15) is 36.3 Å². The lowest BCUT2D eigenvalue weighted by Gasteiger charge is -2.28. The Hall–Kier alpha value is -12.4. The van der Waals surface area contributed by atoms with E-state index >= 15 is 19.2 Å². The van der Waals surface area contributed by atoms with Crippen molar-refractivity contribution in [3.63, 3.8) is 0 Å². The molecule has 7 aromatic heterocycles. The van der Waals surface area contributed by atoms with Gasteiger partial charge in [-0.1, -0.05) is 127 Å². The molecule has 0 aliphatic carbocycles. The van der Waals surface area contributed by atoms with E-state index in [0.29, 0.717) is 33.4 Å². The highest BCUT2D eigenvalue weighted by molar-refractivity contribution is 6.00. The predicted octanol–water partition coefficient (Wildman–Crippen LogP) is 8.38. The second kappa shape index (κ2) is 28.1. The number of carbonyl (C=O) groups excluding carboxylic acids is 6. The van der Waals surface area contributed by atoms with Crippen LogP contribution in [0.4, 0.5) is 0 Å². The molecule has 0 spiro atoms. The van der Waals surface area contributed by atoms with Gasteiger partial charge in [-0.3, -0.25) is 28.8 Å². The summed E-state index contributed by atoms with van der Waals surface area (Å²) in [4.78, 5) is 128. The average molecular weight is 1320 g/mol. The van der Waals surface area contributed by atoms with Crippen LogP contribution in [0.2, 0.25) is 0 Å². The summed E-state index contributed by atoms with van der Waals surface area (Å²) < 4.78 is 0. The van der Waals surface area contributed by atoms with Crippen LogP contribution in [-0.4, -0.2) is 124 Å². The van der Waals surface area contributed by atoms with Gasteiger partial charge in [0, 0.05) is 158 Å². The fourth-order valence-electron chi connectivity index (χ4n) is 13.6. The molecular weight excluding hydrogens is 1250 g/mol. The Morgan fingerprint density at radius 1 is 0.263 bits per heavy atom. The number of aliphatic carboxylic acids is 1. The minimum atomic E-state index is -1.45. The Morgan fingerprint density at radius 3 is 0.646 bits per heavy atom. The lowest BCUT2D eigenvalue weighted by Crippen LogP contribution is -2.61. The molecular formula is C77H72N14O8. The van der Waals surface area contributed by atoms with E-state index in [1.54, 1.807) is 37.2 Å². The van der Waals surface area contributed by atoms with E-state index in [9.17, 15) is 19.5 Å². The van der Waals surface area contributed by atoms with Crippen molar-refractivity contribution in [3.05, 3.63) is 252 Å². The minimum absolute atomic E-state index is 0.0102. The summed E-state index contributed by atoms with van der Waals surface area (Å²) in [5, 5.41) is 33.9. The number of para-hydroxylation sites is 7. The van der Waals surface area contributed by atoms with Gasteiger partial charge >= 0.3 is 5.97 Å². The molecule has 22 nitrogen and oxygen atoms in total. The highest BCUT2D eigenvalue weighted by Gasteiger charge is 2.36. The fourth-order valence-corrected chi connectivity index (χ4v) is 13.6. The van der Waals surface area contributed by atoms with E-state index in [0.717, 1.165) is 81.9 Å².